The molecular formula is C9H16N2O. The lowest BCUT2D eigenvalue weighted by Crippen LogP contribution is -2.19. The molecular weight excluding hydrogens is 152 g/mol. The molecule has 0 bridgehead atoms. The highest BCUT2D eigenvalue weighted by Crippen LogP contribution is 2.20. The van der Waals surface area contributed by atoms with Crippen LogP contribution in [0.1, 0.15) is 26.5 Å². The van der Waals surface area contributed by atoms with Crippen LogP contribution in [0.4, 0.5) is 0 Å². The molecule has 0 unspecified atom stereocenters. The molecule has 0 aliphatic rings. The highest BCUT2D eigenvalue weighted by molar-refractivity contribution is 5.11. The Morgan fingerprint density at radius 3 is 2.67 bits per heavy atom. The molecule has 1 N–H and O–H groups in total. The van der Waals surface area contributed by atoms with Crippen molar-refractivity contribution < 1.29 is 5.11 Å². The summed E-state index contributed by atoms with van der Waals surface area (Å²) < 4.78 is 1.85. The van der Waals surface area contributed by atoms with Crippen molar-refractivity contribution in [2.24, 2.45) is 0 Å². The zero-order valence-corrected chi connectivity index (χ0v) is 7.91. The maximum absolute atomic E-state index is 8.77. The van der Waals surface area contributed by atoms with Crippen molar-refractivity contribution >= 4 is 0 Å². The second kappa shape index (κ2) is 3.27. The quantitative estimate of drug-likeness (QED) is 0.720. The molecule has 0 radical (unpaired) electrons. The molecule has 0 aliphatic carbocycles. The summed E-state index contributed by atoms with van der Waals surface area (Å²) in [5, 5.41) is 12.9. The lowest BCUT2D eigenvalue weighted by Gasteiger charge is -2.19. The first-order valence-electron chi connectivity index (χ1n) is 4.19. The molecule has 3 heteroatoms. The Morgan fingerprint density at radius 2 is 2.17 bits per heavy atom. The summed E-state index contributed by atoms with van der Waals surface area (Å²) in [6.07, 6.45) is 1.77. The smallest absolute Gasteiger partial charge is 0.0644 e. The third-order valence-electron chi connectivity index (χ3n) is 1.80. The van der Waals surface area contributed by atoms with Gasteiger partial charge in [0.2, 0.25) is 0 Å². The lowest BCUT2D eigenvalue weighted by atomic mass is 9.92. The van der Waals surface area contributed by atoms with Crippen molar-refractivity contribution in [3.63, 3.8) is 0 Å². The van der Waals surface area contributed by atoms with E-state index >= 15 is 0 Å². The van der Waals surface area contributed by atoms with E-state index in [-0.39, 0.29) is 12.0 Å². The molecule has 1 aromatic rings. The van der Waals surface area contributed by atoms with Gasteiger partial charge in [0.05, 0.1) is 13.2 Å². The third kappa shape index (κ3) is 1.85. The first kappa shape index (κ1) is 9.26. The third-order valence-corrected chi connectivity index (χ3v) is 1.80. The molecule has 1 aromatic heterocycles. The van der Waals surface area contributed by atoms with Crippen molar-refractivity contribution in [3.05, 3.63) is 18.0 Å². The number of aliphatic hydroxyl groups excluding tert-OH is 1. The summed E-state index contributed by atoms with van der Waals surface area (Å²) in [7, 11) is 0. The van der Waals surface area contributed by atoms with Crippen LogP contribution in [-0.4, -0.2) is 21.5 Å². The van der Waals surface area contributed by atoms with Gasteiger partial charge in [0.25, 0.3) is 0 Å². The highest BCUT2D eigenvalue weighted by Gasteiger charge is 2.17. The topological polar surface area (TPSA) is 38.0 Å². The summed E-state index contributed by atoms with van der Waals surface area (Å²) in [6, 6.07) is 2.00. The Kier molecular flexibility index (Phi) is 2.52. The van der Waals surface area contributed by atoms with Gasteiger partial charge in [-0.2, -0.15) is 5.10 Å². The minimum Gasteiger partial charge on any atom is -0.394 e. The maximum Gasteiger partial charge on any atom is 0.0644 e. The number of nitrogens with zero attached hydrogens (tertiary/aromatic N) is 2. The summed E-state index contributed by atoms with van der Waals surface area (Å²) in [5.74, 6) is 0. The van der Waals surface area contributed by atoms with Gasteiger partial charge in [-0.05, 0) is 6.07 Å². The molecule has 0 atom stereocenters. The van der Waals surface area contributed by atoms with E-state index in [1.807, 2.05) is 10.7 Å². The fourth-order valence-electron chi connectivity index (χ4n) is 1.24. The molecule has 0 spiro atoms. The van der Waals surface area contributed by atoms with Crippen LogP contribution in [0.25, 0.3) is 0 Å². The van der Waals surface area contributed by atoms with E-state index in [9.17, 15) is 0 Å². The van der Waals surface area contributed by atoms with E-state index in [2.05, 4.69) is 25.9 Å². The predicted octanol–water partition coefficient (Wildman–Crippen LogP) is 1.17. The SMILES string of the molecule is CC(C)(C)c1ccnn1CCO. The van der Waals surface area contributed by atoms with Crippen molar-refractivity contribution in [1.82, 2.24) is 9.78 Å². The van der Waals surface area contributed by atoms with Crippen LogP contribution in [0.2, 0.25) is 0 Å². The molecule has 0 fully saturated rings. The van der Waals surface area contributed by atoms with E-state index in [1.54, 1.807) is 6.20 Å². The minimum atomic E-state index is 0.103. The zero-order chi connectivity index (χ0) is 9.19. The largest absolute Gasteiger partial charge is 0.394 e. The molecule has 0 saturated heterocycles. The molecule has 0 aliphatic heterocycles. The summed E-state index contributed by atoms with van der Waals surface area (Å²) in [5.41, 5.74) is 1.27. The van der Waals surface area contributed by atoms with Crippen LogP contribution in [0.5, 0.6) is 0 Å². The maximum atomic E-state index is 8.77. The molecule has 3 nitrogen and oxygen atoms in total. The summed E-state index contributed by atoms with van der Waals surface area (Å²) in [6.45, 7) is 7.14. The Morgan fingerprint density at radius 1 is 1.50 bits per heavy atom. The van der Waals surface area contributed by atoms with E-state index in [1.165, 1.54) is 0 Å². The Hall–Kier alpha value is -0.830. The van der Waals surface area contributed by atoms with Gasteiger partial charge in [-0.15, -0.1) is 0 Å². The van der Waals surface area contributed by atoms with Gasteiger partial charge < -0.3 is 5.11 Å². The van der Waals surface area contributed by atoms with Gasteiger partial charge in [0, 0.05) is 17.3 Å². The van der Waals surface area contributed by atoms with Gasteiger partial charge in [-0.1, -0.05) is 20.8 Å². The molecule has 1 heterocycles. The summed E-state index contributed by atoms with van der Waals surface area (Å²) >= 11 is 0. The fourth-order valence-corrected chi connectivity index (χ4v) is 1.24. The summed E-state index contributed by atoms with van der Waals surface area (Å²) in [4.78, 5) is 0. The Balaban J connectivity index is 2.91. The first-order chi connectivity index (χ1) is 5.55. The Labute approximate surface area is 73.0 Å². The molecule has 0 aromatic carbocycles. The molecule has 0 saturated carbocycles. The average Bonchev–Trinajstić information content (AvgIpc) is 2.34. The Bertz CT molecular complexity index is 247. The molecule has 12 heavy (non-hydrogen) atoms. The standard InChI is InChI=1S/C9H16N2O/c1-9(2,3)8-4-5-10-11(8)6-7-12/h4-5,12H,6-7H2,1-3H3. The van der Waals surface area contributed by atoms with Gasteiger partial charge in [0.1, 0.15) is 0 Å². The fraction of sp³-hybridized carbons (Fsp3) is 0.667. The van der Waals surface area contributed by atoms with Crippen LogP contribution in [0.15, 0.2) is 12.3 Å². The van der Waals surface area contributed by atoms with Gasteiger partial charge in [-0.25, -0.2) is 0 Å². The second-order valence-corrected chi connectivity index (χ2v) is 3.91. The van der Waals surface area contributed by atoms with Crippen LogP contribution in [0, 0.1) is 0 Å². The van der Waals surface area contributed by atoms with Crippen molar-refractivity contribution in [2.45, 2.75) is 32.7 Å². The van der Waals surface area contributed by atoms with Crippen LogP contribution in [-0.2, 0) is 12.0 Å². The van der Waals surface area contributed by atoms with Crippen LogP contribution < -0.4 is 0 Å². The van der Waals surface area contributed by atoms with Gasteiger partial charge >= 0.3 is 0 Å². The highest BCUT2D eigenvalue weighted by atomic mass is 16.3. The number of rotatable bonds is 2. The van der Waals surface area contributed by atoms with E-state index in [0.29, 0.717) is 6.54 Å². The second-order valence-electron chi connectivity index (χ2n) is 3.91. The van der Waals surface area contributed by atoms with E-state index in [4.69, 9.17) is 5.11 Å². The van der Waals surface area contributed by atoms with Crippen molar-refractivity contribution in [1.29, 1.82) is 0 Å². The van der Waals surface area contributed by atoms with Gasteiger partial charge in [0.15, 0.2) is 0 Å². The predicted molar refractivity (Wildman–Crippen MR) is 48.0 cm³/mol. The van der Waals surface area contributed by atoms with Crippen molar-refractivity contribution in [3.8, 4) is 0 Å². The molecule has 0 amide bonds. The van der Waals surface area contributed by atoms with Crippen LogP contribution >= 0.6 is 0 Å². The first-order valence-corrected chi connectivity index (χ1v) is 4.19. The van der Waals surface area contributed by atoms with Gasteiger partial charge in [-0.3, -0.25) is 4.68 Å². The zero-order valence-electron chi connectivity index (χ0n) is 7.91. The number of hydrogen-bond acceptors (Lipinski definition) is 2. The lowest BCUT2D eigenvalue weighted by molar-refractivity contribution is 0.264. The molecule has 1 rings (SSSR count). The number of aliphatic hydroxyl groups is 1. The number of hydrogen-bond donors (Lipinski definition) is 1. The molecule has 68 valence electrons. The number of aromatic nitrogens is 2. The minimum absolute atomic E-state index is 0.103. The van der Waals surface area contributed by atoms with E-state index < -0.39 is 0 Å². The van der Waals surface area contributed by atoms with Crippen molar-refractivity contribution in [2.75, 3.05) is 6.61 Å². The van der Waals surface area contributed by atoms with E-state index in [0.717, 1.165) is 5.69 Å². The van der Waals surface area contributed by atoms with Crippen LogP contribution in [0.3, 0.4) is 0 Å². The average molecular weight is 168 g/mol. The normalized spacial score (nSPS) is 12.0. The monoisotopic (exact) mass is 168 g/mol.